The minimum Gasteiger partial charge on any atom is -0.494 e. The van der Waals surface area contributed by atoms with E-state index in [2.05, 4.69) is 5.32 Å². The van der Waals surface area contributed by atoms with Crippen LogP contribution in [0, 0.1) is 13.8 Å². The molecule has 0 saturated carbocycles. The number of halogens is 1. The number of hydrogen-bond donors (Lipinski definition) is 1. The van der Waals surface area contributed by atoms with Crippen LogP contribution in [-0.2, 0) is 4.79 Å². The normalized spacial score (nSPS) is 10.3. The second kappa shape index (κ2) is 7.85. The van der Waals surface area contributed by atoms with Gasteiger partial charge in [0.05, 0.1) is 17.3 Å². The Morgan fingerprint density at radius 3 is 2.64 bits per heavy atom. The predicted octanol–water partition coefficient (Wildman–Crippen LogP) is 4.75. The van der Waals surface area contributed by atoms with Gasteiger partial charge in [-0.1, -0.05) is 29.8 Å². The molecule has 0 heterocycles. The summed E-state index contributed by atoms with van der Waals surface area (Å²) < 4.78 is 5.62. The maximum atomic E-state index is 11.9. The van der Waals surface area contributed by atoms with E-state index >= 15 is 0 Å². The van der Waals surface area contributed by atoms with E-state index in [1.165, 1.54) is 0 Å². The first kappa shape index (κ1) is 16.4. The van der Waals surface area contributed by atoms with Crippen LogP contribution in [0.2, 0.25) is 5.02 Å². The fourth-order valence-corrected chi connectivity index (χ4v) is 2.34. The van der Waals surface area contributed by atoms with Crippen molar-refractivity contribution in [2.45, 2.75) is 26.7 Å². The van der Waals surface area contributed by atoms with Gasteiger partial charge in [0, 0.05) is 6.42 Å². The first-order chi connectivity index (χ1) is 10.5. The van der Waals surface area contributed by atoms with Gasteiger partial charge in [0.25, 0.3) is 0 Å². The number of anilines is 1. The Bertz CT molecular complexity index is 655. The minimum atomic E-state index is -0.0569. The third-order valence-electron chi connectivity index (χ3n) is 3.21. The van der Waals surface area contributed by atoms with Crippen LogP contribution in [0.15, 0.2) is 42.5 Å². The SMILES string of the molecule is Cc1cccc(OCCCC(=O)Nc2ccc(C)cc2Cl)c1. The number of benzene rings is 2. The van der Waals surface area contributed by atoms with E-state index in [4.69, 9.17) is 16.3 Å². The van der Waals surface area contributed by atoms with Gasteiger partial charge in [-0.05, 0) is 55.7 Å². The van der Waals surface area contributed by atoms with Crippen LogP contribution in [0.5, 0.6) is 5.75 Å². The van der Waals surface area contributed by atoms with Crippen molar-refractivity contribution in [1.29, 1.82) is 0 Å². The Balaban J connectivity index is 1.74. The van der Waals surface area contributed by atoms with Gasteiger partial charge in [0.15, 0.2) is 0 Å². The van der Waals surface area contributed by atoms with Crippen LogP contribution in [0.25, 0.3) is 0 Å². The van der Waals surface area contributed by atoms with Gasteiger partial charge < -0.3 is 10.1 Å². The Labute approximate surface area is 136 Å². The molecular weight excluding hydrogens is 298 g/mol. The smallest absolute Gasteiger partial charge is 0.224 e. The lowest BCUT2D eigenvalue weighted by Crippen LogP contribution is -2.13. The number of aryl methyl sites for hydroxylation is 2. The Hall–Kier alpha value is -2.00. The molecule has 0 aliphatic heterocycles. The molecule has 0 atom stereocenters. The van der Waals surface area contributed by atoms with Gasteiger partial charge in [0.1, 0.15) is 5.75 Å². The van der Waals surface area contributed by atoms with Crippen LogP contribution in [0.3, 0.4) is 0 Å². The number of ether oxygens (including phenoxy) is 1. The van der Waals surface area contributed by atoms with Crippen molar-refractivity contribution in [3.8, 4) is 5.75 Å². The van der Waals surface area contributed by atoms with E-state index in [0.29, 0.717) is 30.2 Å². The molecule has 0 spiro atoms. The fourth-order valence-electron chi connectivity index (χ4n) is 2.06. The van der Waals surface area contributed by atoms with Crippen molar-refractivity contribution >= 4 is 23.2 Å². The summed E-state index contributed by atoms with van der Waals surface area (Å²) in [7, 11) is 0. The summed E-state index contributed by atoms with van der Waals surface area (Å²) in [6.45, 7) is 4.49. The summed E-state index contributed by atoms with van der Waals surface area (Å²) in [5.74, 6) is 0.778. The van der Waals surface area contributed by atoms with Gasteiger partial charge in [-0.3, -0.25) is 4.79 Å². The molecule has 1 amide bonds. The largest absolute Gasteiger partial charge is 0.494 e. The molecule has 0 aliphatic carbocycles. The monoisotopic (exact) mass is 317 g/mol. The average molecular weight is 318 g/mol. The number of carbonyl (C=O) groups is 1. The van der Waals surface area contributed by atoms with Crippen LogP contribution in [0.4, 0.5) is 5.69 Å². The molecule has 2 rings (SSSR count). The summed E-state index contributed by atoms with van der Waals surface area (Å²) in [6.07, 6.45) is 1.05. The molecule has 22 heavy (non-hydrogen) atoms. The Kier molecular flexibility index (Phi) is 5.84. The highest BCUT2D eigenvalue weighted by atomic mass is 35.5. The second-order valence-electron chi connectivity index (χ2n) is 5.30. The van der Waals surface area contributed by atoms with Crippen molar-refractivity contribution < 1.29 is 9.53 Å². The molecule has 2 aromatic carbocycles. The van der Waals surface area contributed by atoms with Crippen molar-refractivity contribution in [3.63, 3.8) is 0 Å². The van der Waals surface area contributed by atoms with E-state index in [9.17, 15) is 4.79 Å². The summed E-state index contributed by atoms with van der Waals surface area (Å²) in [6, 6.07) is 13.4. The molecule has 0 radical (unpaired) electrons. The standard InChI is InChI=1S/C18H20ClNO2/c1-13-5-3-6-15(11-13)22-10-4-7-18(21)20-17-9-8-14(2)12-16(17)19/h3,5-6,8-9,11-12H,4,7,10H2,1-2H3,(H,20,21). The zero-order valence-electron chi connectivity index (χ0n) is 12.9. The summed E-state index contributed by atoms with van der Waals surface area (Å²) in [5.41, 5.74) is 2.87. The van der Waals surface area contributed by atoms with E-state index in [1.807, 2.05) is 56.3 Å². The zero-order chi connectivity index (χ0) is 15.9. The lowest BCUT2D eigenvalue weighted by Gasteiger charge is -2.09. The first-order valence-electron chi connectivity index (χ1n) is 7.30. The molecule has 0 saturated heterocycles. The maximum Gasteiger partial charge on any atom is 0.224 e. The topological polar surface area (TPSA) is 38.3 Å². The lowest BCUT2D eigenvalue weighted by atomic mass is 10.2. The van der Waals surface area contributed by atoms with E-state index in [0.717, 1.165) is 16.9 Å². The van der Waals surface area contributed by atoms with E-state index < -0.39 is 0 Å². The van der Waals surface area contributed by atoms with Gasteiger partial charge in [-0.25, -0.2) is 0 Å². The zero-order valence-corrected chi connectivity index (χ0v) is 13.6. The number of nitrogens with one attached hydrogen (secondary N) is 1. The highest BCUT2D eigenvalue weighted by Crippen LogP contribution is 2.22. The molecule has 3 nitrogen and oxygen atoms in total. The van der Waals surface area contributed by atoms with Gasteiger partial charge in [-0.15, -0.1) is 0 Å². The first-order valence-corrected chi connectivity index (χ1v) is 7.68. The van der Waals surface area contributed by atoms with Crippen LogP contribution >= 0.6 is 11.6 Å². The fraction of sp³-hybridized carbons (Fsp3) is 0.278. The molecule has 0 fully saturated rings. The highest BCUT2D eigenvalue weighted by Gasteiger charge is 2.06. The number of carbonyl (C=O) groups excluding carboxylic acids is 1. The van der Waals surface area contributed by atoms with Crippen molar-refractivity contribution in [2.75, 3.05) is 11.9 Å². The molecule has 0 aliphatic rings. The molecular formula is C18H20ClNO2. The van der Waals surface area contributed by atoms with Gasteiger partial charge >= 0.3 is 0 Å². The van der Waals surface area contributed by atoms with Crippen molar-refractivity contribution in [3.05, 3.63) is 58.6 Å². The minimum absolute atomic E-state index is 0.0569. The van der Waals surface area contributed by atoms with E-state index in [-0.39, 0.29) is 5.91 Å². The van der Waals surface area contributed by atoms with E-state index in [1.54, 1.807) is 0 Å². The maximum absolute atomic E-state index is 11.9. The number of amides is 1. The predicted molar refractivity (Wildman–Crippen MR) is 90.7 cm³/mol. The molecule has 4 heteroatoms. The average Bonchev–Trinajstić information content (AvgIpc) is 2.47. The molecule has 0 bridgehead atoms. The summed E-state index contributed by atoms with van der Waals surface area (Å²) in [5, 5.41) is 3.38. The summed E-state index contributed by atoms with van der Waals surface area (Å²) in [4.78, 5) is 11.9. The molecule has 1 N–H and O–H groups in total. The highest BCUT2D eigenvalue weighted by molar-refractivity contribution is 6.33. The molecule has 0 aromatic heterocycles. The van der Waals surface area contributed by atoms with Gasteiger partial charge in [-0.2, -0.15) is 0 Å². The lowest BCUT2D eigenvalue weighted by molar-refractivity contribution is -0.116. The molecule has 0 unspecified atom stereocenters. The third kappa shape index (κ3) is 5.08. The Morgan fingerprint density at radius 2 is 1.91 bits per heavy atom. The Morgan fingerprint density at radius 1 is 1.14 bits per heavy atom. The van der Waals surface area contributed by atoms with Crippen LogP contribution in [-0.4, -0.2) is 12.5 Å². The quantitative estimate of drug-likeness (QED) is 0.780. The molecule has 2 aromatic rings. The number of rotatable bonds is 6. The second-order valence-corrected chi connectivity index (χ2v) is 5.71. The molecule has 116 valence electrons. The number of hydrogen-bond acceptors (Lipinski definition) is 2. The third-order valence-corrected chi connectivity index (χ3v) is 3.52. The van der Waals surface area contributed by atoms with Crippen LogP contribution < -0.4 is 10.1 Å². The summed E-state index contributed by atoms with van der Waals surface area (Å²) >= 11 is 6.09. The van der Waals surface area contributed by atoms with Crippen molar-refractivity contribution in [1.82, 2.24) is 0 Å². The van der Waals surface area contributed by atoms with Crippen LogP contribution in [0.1, 0.15) is 24.0 Å². The van der Waals surface area contributed by atoms with Gasteiger partial charge in [0.2, 0.25) is 5.91 Å². The van der Waals surface area contributed by atoms with Crippen molar-refractivity contribution in [2.24, 2.45) is 0 Å².